The van der Waals surface area contributed by atoms with Gasteiger partial charge in [0.1, 0.15) is 0 Å². The molecule has 5 heteroatoms. The number of hydrogen-bond donors (Lipinski definition) is 1. The summed E-state index contributed by atoms with van der Waals surface area (Å²) in [5.74, 6) is 0. The molecule has 0 atom stereocenters. The summed E-state index contributed by atoms with van der Waals surface area (Å²) in [7, 11) is 0. The van der Waals surface area contributed by atoms with Crippen molar-refractivity contribution in [3.8, 4) is 0 Å². The minimum atomic E-state index is 0.617. The molecule has 0 aliphatic heterocycles. The summed E-state index contributed by atoms with van der Waals surface area (Å²) in [4.78, 5) is 2.34. The summed E-state index contributed by atoms with van der Waals surface area (Å²) < 4.78 is 4.77. The summed E-state index contributed by atoms with van der Waals surface area (Å²) in [6, 6.07) is 4.52. The van der Waals surface area contributed by atoms with Crippen LogP contribution in [0.4, 0.5) is 11.4 Å². The molecule has 1 saturated carbocycles. The lowest BCUT2D eigenvalue weighted by molar-refractivity contribution is 0.315. The Hall–Kier alpha value is -1.78. The maximum absolute atomic E-state index is 5.82. The van der Waals surface area contributed by atoms with Gasteiger partial charge in [0.25, 0.3) is 0 Å². The molecule has 1 fully saturated rings. The maximum Gasteiger partial charge on any atom is 0.160 e. The Balaban J connectivity index is 2.15. The average molecular weight is 218 g/mol. The number of anilines is 2. The van der Waals surface area contributed by atoms with Crippen LogP contribution in [0.25, 0.3) is 11.0 Å². The van der Waals surface area contributed by atoms with Crippen LogP contribution in [-0.2, 0) is 0 Å². The van der Waals surface area contributed by atoms with Crippen LogP contribution in [0.15, 0.2) is 16.8 Å². The third-order valence-electron chi connectivity index (χ3n) is 3.06. The zero-order valence-electron chi connectivity index (χ0n) is 9.18. The van der Waals surface area contributed by atoms with Crippen LogP contribution in [0.5, 0.6) is 0 Å². The fourth-order valence-electron chi connectivity index (χ4n) is 2.12. The van der Waals surface area contributed by atoms with E-state index in [0.29, 0.717) is 17.2 Å². The lowest BCUT2D eigenvalue weighted by Crippen LogP contribution is -2.25. The van der Waals surface area contributed by atoms with Gasteiger partial charge in [-0.3, -0.25) is 0 Å². The second-order valence-corrected chi connectivity index (χ2v) is 4.15. The summed E-state index contributed by atoms with van der Waals surface area (Å²) in [6.07, 6.45) is 2.51. The molecule has 0 amide bonds. The van der Waals surface area contributed by atoms with Gasteiger partial charge < -0.3 is 10.6 Å². The monoisotopic (exact) mass is 218 g/mol. The highest BCUT2D eigenvalue weighted by molar-refractivity contribution is 5.95. The van der Waals surface area contributed by atoms with Gasteiger partial charge in [0.05, 0.1) is 11.4 Å². The van der Waals surface area contributed by atoms with Crippen LogP contribution in [0.2, 0.25) is 0 Å². The highest BCUT2D eigenvalue weighted by atomic mass is 16.6. The zero-order chi connectivity index (χ0) is 11.1. The molecule has 1 aromatic heterocycles. The van der Waals surface area contributed by atoms with Crippen molar-refractivity contribution < 1.29 is 4.63 Å². The molecule has 0 saturated heterocycles. The summed E-state index contributed by atoms with van der Waals surface area (Å²) in [5, 5.41) is 7.79. The lowest BCUT2D eigenvalue weighted by Gasteiger charge is -2.22. The van der Waals surface area contributed by atoms with Gasteiger partial charge in [0, 0.05) is 12.6 Å². The zero-order valence-corrected chi connectivity index (χ0v) is 9.18. The van der Waals surface area contributed by atoms with Crippen LogP contribution in [0.3, 0.4) is 0 Å². The largest absolute Gasteiger partial charge is 0.397 e. The summed E-state index contributed by atoms with van der Waals surface area (Å²) in [5.41, 5.74) is 8.95. The second kappa shape index (κ2) is 3.37. The van der Waals surface area contributed by atoms with Crippen molar-refractivity contribution >= 4 is 22.4 Å². The summed E-state index contributed by atoms with van der Waals surface area (Å²) >= 11 is 0. The number of nitrogens with two attached hydrogens (primary N) is 1. The van der Waals surface area contributed by atoms with E-state index in [2.05, 4.69) is 22.1 Å². The molecular formula is C11H14N4O. The first-order valence-electron chi connectivity index (χ1n) is 5.58. The van der Waals surface area contributed by atoms with E-state index in [0.717, 1.165) is 17.7 Å². The number of fused-ring (bicyclic) bond motifs is 1. The van der Waals surface area contributed by atoms with E-state index in [4.69, 9.17) is 10.4 Å². The molecule has 5 nitrogen and oxygen atoms in total. The number of benzene rings is 1. The lowest BCUT2D eigenvalue weighted by atomic mass is 10.2. The first kappa shape index (κ1) is 9.45. The van der Waals surface area contributed by atoms with Gasteiger partial charge in [0.2, 0.25) is 0 Å². The van der Waals surface area contributed by atoms with Crippen LogP contribution in [-0.4, -0.2) is 22.9 Å². The molecule has 0 unspecified atom stereocenters. The number of hydrogen-bond acceptors (Lipinski definition) is 5. The second-order valence-electron chi connectivity index (χ2n) is 4.15. The third-order valence-corrected chi connectivity index (χ3v) is 3.06. The molecule has 0 radical (unpaired) electrons. The van der Waals surface area contributed by atoms with Crippen molar-refractivity contribution in [1.82, 2.24) is 10.3 Å². The minimum Gasteiger partial charge on any atom is -0.397 e. The van der Waals surface area contributed by atoms with Gasteiger partial charge in [-0.2, -0.15) is 0 Å². The van der Waals surface area contributed by atoms with Gasteiger partial charge in [-0.25, -0.2) is 4.63 Å². The van der Waals surface area contributed by atoms with Gasteiger partial charge in [-0.05, 0) is 42.2 Å². The molecule has 1 aromatic carbocycles. The van der Waals surface area contributed by atoms with Gasteiger partial charge >= 0.3 is 0 Å². The molecule has 0 bridgehead atoms. The topological polar surface area (TPSA) is 68.2 Å². The average Bonchev–Trinajstić information content (AvgIpc) is 2.98. The SMILES string of the molecule is CCN(c1ccc(N)c2nonc12)C1CC1. The van der Waals surface area contributed by atoms with Crippen LogP contribution < -0.4 is 10.6 Å². The predicted molar refractivity (Wildman–Crippen MR) is 62.3 cm³/mol. The van der Waals surface area contributed by atoms with E-state index >= 15 is 0 Å². The Kier molecular flexibility index (Phi) is 1.99. The molecule has 0 spiro atoms. The van der Waals surface area contributed by atoms with Gasteiger partial charge in [-0.1, -0.05) is 0 Å². The fourth-order valence-corrected chi connectivity index (χ4v) is 2.12. The molecule has 1 heterocycles. The van der Waals surface area contributed by atoms with E-state index in [9.17, 15) is 0 Å². The van der Waals surface area contributed by atoms with Crippen molar-refractivity contribution in [2.24, 2.45) is 0 Å². The Morgan fingerprint density at radius 2 is 2.12 bits per heavy atom. The Labute approximate surface area is 93.2 Å². The molecular weight excluding hydrogens is 204 g/mol. The predicted octanol–water partition coefficient (Wildman–Crippen LogP) is 1.79. The number of nitrogens with zero attached hydrogens (tertiary/aromatic N) is 3. The molecule has 1 aliphatic rings. The summed E-state index contributed by atoms with van der Waals surface area (Å²) in [6.45, 7) is 3.12. The standard InChI is InChI=1S/C11H14N4O/c1-2-15(7-3-4-7)9-6-5-8(12)10-11(9)14-16-13-10/h5-7H,2-4,12H2,1H3. The third kappa shape index (κ3) is 1.31. The molecule has 2 aromatic rings. The Bertz CT molecular complexity index is 518. The molecule has 16 heavy (non-hydrogen) atoms. The first-order valence-corrected chi connectivity index (χ1v) is 5.58. The molecule has 84 valence electrons. The van der Waals surface area contributed by atoms with Crippen molar-refractivity contribution in [3.05, 3.63) is 12.1 Å². The van der Waals surface area contributed by atoms with Crippen molar-refractivity contribution in [3.63, 3.8) is 0 Å². The fraction of sp³-hybridized carbons (Fsp3) is 0.455. The van der Waals surface area contributed by atoms with Gasteiger partial charge in [0.15, 0.2) is 11.0 Å². The van der Waals surface area contributed by atoms with Crippen LogP contribution in [0.1, 0.15) is 19.8 Å². The normalized spacial score (nSPS) is 15.6. The van der Waals surface area contributed by atoms with Crippen LogP contribution >= 0.6 is 0 Å². The Morgan fingerprint density at radius 1 is 1.38 bits per heavy atom. The number of rotatable bonds is 3. The van der Waals surface area contributed by atoms with Crippen LogP contribution in [0, 0.1) is 0 Å². The maximum atomic E-state index is 5.82. The van der Waals surface area contributed by atoms with Crippen molar-refractivity contribution in [2.75, 3.05) is 17.2 Å². The minimum absolute atomic E-state index is 0.617. The first-order chi connectivity index (χ1) is 7.81. The number of aromatic nitrogens is 2. The van der Waals surface area contributed by atoms with Crippen molar-refractivity contribution in [1.29, 1.82) is 0 Å². The molecule has 3 rings (SSSR count). The van der Waals surface area contributed by atoms with E-state index < -0.39 is 0 Å². The van der Waals surface area contributed by atoms with E-state index in [-0.39, 0.29) is 0 Å². The van der Waals surface area contributed by atoms with E-state index in [1.165, 1.54) is 12.8 Å². The quantitative estimate of drug-likeness (QED) is 0.795. The molecule has 1 aliphatic carbocycles. The highest BCUT2D eigenvalue weighted by Gasteiger charge is 2.30. The smallest absolute Gasteiger partial charge is 0.160 e. The van der Waals surface area contributed by atoms with E-state index in [1.54, 1.807) is 0 Å². The number of nitrogen functional groups attached to an aromatic ring is 1. The van der Waals surface area contributed by atoms with E-state index in [1.807, 2.05) is 12.1 Å². The van der Waals surface area contributed by atoms with Gasteiger partial charge in [-0.15, -0.1) is 0 Å². The Morgan fingerprint density at radius 3 is 2.81 bits per heavy atom. The highest BCUT2D eigenvalue weighted by Crippen LogP contribution is 2.35. The molecule has 2 N–H and O–H groups in total. The van der Waals surface area contributed by atoms with Crippen molar-refractivity contribution in [2.45, 2.75) is 25.8 Å².